The van der Waals surface area contributed by atoms with Gasteiger partial charge in [0.1, 0.15) is 0 Å². The maximum absolute atomic E-state index is 11.6. The summed E-state index contributed by atoms with van der Waals surface area (Å²) in [5.41, 5.74) is 14.0. The van der Waals surface area contributed by atoms with Crippen molar-refractivity contribution in [3.05, 3.63) is 53.5 Å². The Morgan fingerprint density at radius 3 is 2.81 bits per heavy atom. The van der Waals surface area contributed by atoms with Crippen LogP contribution in [0.1, 0.15) is 27.7 Å². The Kier molecular flexibility index (Phi) is 3.53. The molecule has 1 unspecified atom stereocenters. The highest BCUT2D eigenvalue weighted by Crippen LogP contribution is 2.32. The molecular formula is C15H17N5O. The summed E-state index contributed by atoms with van der Waals surface area (Å²) >= 11 is 0. The molecule has 3 rings (SSSR count). The molecule has 21 heavy (non-hydrogen) atoms. The van der Waals surface area contributed by atoms with E-state index in [2.05, 4.69) is 22.1 Å². The number of hydrogen-bond acceptors (Lipinski definition) is 5. The van der Waals surface area contributed by atoms with Crippen LogP contribution in [-0.4, -0.2) is 29.0 Å². The van der Waals surface area contributed by atoms with Gasteiger partial charge in [0, 0.05) is 25.5 Å². The van der Waals surface area contributed by atoms with Gasteiger partial charge < -0.3 is 16.4 Å². The van der Waals surface area contributed by atoms with Gasteiger partial charge in [-0.15, -0.1) is 0 Å². The van der Waals surface area contributed by atoms with E-state index in [0.717, 1.165) is 13.0 Å². The molecule has 0 saturated carbocycles. The molecule has 0 spiro atoms. The third-order valence-electron chi connectivity index (χ3n) is 3.82. The number of amides is 1. The van der Waals surface area contributed by atoms with Crippen LogP contribution in [0.25, 0.3) is 0 Å². The molecule has 0 saturated heterocycles. The fourth-order valence-corrected chi connectivity index (χ4v) is 2.87. The van der Waals surface area contributed by atoms with Gasteiger partial charge in [-0.3, -0.25) is 4.79 Å². The predicted molar refractivity (Wildman–Crippen MR) is 79.8 cm³/mol. The zero-order valence-corrected chi connectivity index (χ0v) is 11.6. The van der Waals surface area contributed by atoms with Crippen LogP contribution in [0.2, 0.25) is 0 Å². The van der Waals surface area contributed by atoms with Gasteiger partial charge in [-0.25, -0.2) is 9.97 Å². The summed E-state index contributed by atoms with van der Waals surface area (Å²) in [5.74, 6) is -0.0670. The third kappa shape index (κ3) is 2.34. The molecule has 0 bridgehead atoms. The molecule has 1 amide bonds. The van der Waals surface area contributed by atoms with Crippen molar-refractivity contribution in [2.75, 3.05) is 18.0 Å². The lowest BCUT2D eigenvalue weighted by Gasteiger charge is -2.37. The largest absolute Gasteiger partial charge is 0.364 e. The summed E-state index contributed by atoms with van der Waals surface area (Å²) in [7, 11) is 0. The van der Waals surface area contributed by atoms with E-state index in [9.17, 15) is 4.79 Å². The fourth-order valence-electron chi connectivity index (χ4n) is 2.87. The van der Waals surface area contributed by atoms with E-state index in [-0.39, 0.29) is 11.7 Å². The maximum atomic E-state index is 11.6. The van der Waals surface area contributed by atoms with Crippen LogP contribution >= 0.6 is 0 Å². The quantitative estimate of drug-likeness (QED) is 0.861. The van der Waals surface area contributed by atoms with Crippen molar-refractivity contribution in [3.8, 4) is 0 Å². The van der Waals surface area contributed by atoms with Crippen LogP contribution in [-0.2, 0) is 6.42 Å². The van der Waals surface area contributed by atoms with Crippen LogP contribution < -0.4 is 16.4 Å². The van der Waals surface area contributed by atoms with Gasteiger partial charge in [-0.1, -0.05) is 24.3 Å². The zero-order valence-electron chi connectivity index (χ0n) is 11.6. The Morgan fingerprint density at radius 2 is 2.05 bits per heavy atom. The molecule has 1 aromatic heterocycles. The van der Waals surface area contributed by atoms with E-state index in [0.29, 0.717) is 12.4 Å². The Hall–Kier alpha value is -2.47. The van der Waals surface area contributed by atoms with Crippen LogP contribution in [0.15, 0.2) is 36.7 Å². The maximum Gasteiger partial charge on any atom is 0.271 e. The number of aromatic nitrogens is 2. The molecule has 108 valence electrons. The van der Waals surface area contributed by atoms with E-state index in [1.54, 1.807) is 6.20 Å². The molecule has 1 aromatic carbocycles. The minimum absolute atomic E-state index is 0.0234. The monoisotopic (exact) mass is 283 g/mol. The number of fused-ring (bicyclic) bond motifs is 1. The number of nitrogens with two attached hydrogens (primary N) is 2. The molecule has 1 aliphatic rings. The molecule has 2 heterocycles. The van der Waals surface area contributed by atoms with Gasteiger partial charge in [0.05, 0.1) is 6.04 Å². The van der Waals surface area contributed by atoms with E-state index < -0.39 is 5.91 Å². The summed E-state index contributed by atoms with van der Waals surface area (Å²) in [4.78, 5) is 22.0. The summed E-state index contributed by atoms with van der Waals surface area (Å²) < 4.78 is 0. The van der Waals surface area contributed by atoms with Crippen molar-refractivity contribution in [2.45, 2.75) is 12.5 Å². The van der Waals surface area contributed by atoms with Gasteiger partial charge in [0.25, 0.3) is 5.91 Å². The number of hydrogen-bond donors (Lipinski definition) is 2. The smallest absolute Gasteiger partial charge is 0.271 e. The fraction of sp³-hybridized carbons (Fsp3) is 0.267. The number of benzene rings is 1. The Balaban J connectivity index is 2.06. The topological polar surface area (TPSA) is 98.1 Å². The number of nitrogens with zero attached hydrogens (tertiary/aromatic N) is 3. The first-order valence-corrected chi connectivity index (χ1v) is 6.87. The Morgan fingerprint density at radius 1 is 1.29 bits per heavy atom. The standard InChI is InChI=1S/C15H17N5O/c16-9-12-11-4-2-1-3-10(11)5-8-20(12)15-13(14(17)21)18-6-7-19-15/h1-4,6-7,12H,5,8-9,16H2,(H2,17,21). The third-order valence-corrected chi connectivity index (χ3v) is 3.82. The van der Waals surface area contributed by atoms with Gasteiger partial charge >= 0.3 is 0 Å². The van der Waals surface area contributed by atoms with Crippen molar-refractivity contribution in [2.24, 2.45) is 11.5 Å². The van der Waals surface area contributed by atoms with Crippen molar-refractivity contribution < 1.29 is 4.79 Å². The minimum Gasteiger partial charge on any atom is -0.364 e. The normalized spacial score (nSPS) is 17.4. The lowest BCUT2D eigenvalue weighted by atomic mass is 9.92. The van der Waals surface area contributed by atoms with Crippen LogP contribution in [0.5, 0.6) is 0 Å². The lowest BCUT2D eigenvalue weighted by molar-refractivity contribution is 0.0995. The highest BCUT2D eigenvalue weighted by molar-refractivity contribution is 5.95. The van der Waals surface area contributed by atoms with Crippen LogP contribution in [0.4, 0.5) is 5.82 Å². The first kappa shape index (κ1) is 13.5. The van der Waals surface area contributed by atoms with Crippen molar-refractivity contribution in [3.63, 3.8) is 0 Å². The summed E-state index contributed by atoms with van der Waals surface area (Å²) in [6.07, 6.45) is 3.91. The summed E-state index contributed by atoms with van der Waals surface area (Å²) in [5, 5.41) is 0. The number of rotatable bonds is 3. The number of carbonyl (C=O) groups excluding carboxylic acids is 1. The SMILES string of the molecule is NCC1c2ccccc2CCN1c1nccnc1C(N)=O. The van der Waals surface area contributed by atoms with Crippen molar-refractivity contribution in [1.29, 1.82) is 0 Å². The zero-order chi connectivity index (χ0) is 14.8. The van der Waals surface area contributed by atoms with E-state index >= 15 is 0 Å². The molecule has 0 fully saturated rings. The average Bonchev–Trinajstić information content (AvgIpc) is 2.53. The molecule has 1 atom stereocenters. The molecule has 6 nitrogen and oxygen atoms in total. The molecule has 6 heteroatoms. The van der Waals surface area contributed by atoms with Gasteiger partial charge in [0.2, 0.25) is 0 Å². The predicted octanol–water partition coefficient (Wildman–Crippen LogP) is 0.638. The lowest BCUT2D eigenvalue weighted by Crippen LogP contribution is -2.41. The second kappa shape index (κ2) is 5.49. The van der Waals surface area contributed by atoms with Crippen LogP contribution in [0.3, 0.4) is 0 Å². The average molecular weight is 283 g/mol. The molecule has 2 aromatic rings. The highest BCUT2D eigenvalue weighted by atomic mass is 16.1. The minimum atomic E-state index is -0.576. The summed E-state index contributed by atoms with van der Waals surface area (Å²) in [6.45, 7) is 1.17. The van der Waals surface area contributed by atoms with E-state index in [1.807, 2.05) is 17.0 Å². The molecule has 1 aliphatic heterocycles. The van der Waals surface area contributed by atoms with E-state index in [4.69, 9.17) is 11.5 Å². The number of primary amides is 1. The molecule has 0 radical (unpaired) electrons. The first-order valence-electron chi connectivity index (χ1n) is 6.87. The summed E-state index contributed by atoms with van der Waals surface area (Å²) in [6, 6.07) is 8.18. The van der Waals surface area contributed by atoms with Gasteiger partial charge in [0.15, 0.2) is 11.5 Å². The Labute approximate surface area is 122 Å². The van der Waals surface area contributed by atoms with Gasteiger partial charge in [-0.05, 0) is 17.5 Å². The molecule has 4 N–H and O–H groups in total. The van der Waals surface area contributed by atoms with Gasteiger partial charge in [-0.2, -0.15) is 0 Å². The van der Waals surface area contributed by atoms with Crippen LogP contribution in [0, 0.1) is 0 Å². The molecular weight excluding hydrogens is 266 g/mol. The number of anilines is 1. The number of carbonyl (C=O) groups is 1. The second-order valence-corrected chi connectivity index (χ2v) is 4.99. The highest BCUT2D eigenvalue weighted by Gasteiger charge is 2.29. The van der Waals surface area contributed by atoms with E-state index in [1.165, 1.54) is 17.3 Å². The second-order valence-electron chi connectivity index (χ2n) is 4.99. The Bertz CT molecular complexity index is 673. The molecule has 0 aliphatic carbocycles. The van der Waals surface area contributed by atoms with Crippen molar-refractivity contribution in [1.82, 2.24) is 9.97 Å². The van der Waals surface area contributed by atoms with Crippen molar-refractivity contribution >= 4 is 11.7 Å². The first-order chi connectivity index (χ1) is 10.2.